The molecule has 0 atom stereocenters. The molecule has 0 unspecified atom stereocenters. The number of benzene rings is 3. The summed E-state index contributed by atoms with van der Waals surface area (Å²) < 4.78 is 12.8. The van der Waals surface area contributed by atoms with Crippen molar-refractivity contribution in [3.05, 3.63) is 82.3 Å². The number of methoxy groups -OCH3 is 1. The van der Waals surface area contributed by atoms with Crippen LogP contribution in [0.4, 0.5) is 5.13 Å². The Labute approximate surface area is 204 Å². The molecule has 8 heteroatoms. The lowest BCUT2D eigenvalue weighted by Crippen LogP contribution is -2.25. The topological polar surface area (TPSA) is 64.0 Å². The van der Waals surface area contributed by atoms with E-state index in [0.29, 0.717) is 16.4 Å². The van der Waals surface area contributed by atoms with E-state index in [1.165, 1.54) is 16.3 Å². The van der Waals surface area contributed by atoms with E-state index in [1.807, 2.05) is 56.3 Å². The highest BCUT2D eigenvalue weighted by Gasteiger charge is 2.21. The van der Waals surface area contributed by atoms with Gasteiger partial charge in [0.05, 0.1) is 29.6 Å². The first-order valence-corrected chi connectivity index (χ1v) is 11.9. The maximum Gasteiger partial charge on any atom is 0.280 e. The predicted octanol–water partition coefficient (Wildman–Crippen LogP) is 6.54. The van der Waals surface area contributed by atoms with Crippen LogP contribution in [0, 0.1) is 0 Å². The molecular weight excluding hydrogens is 502 g/mol. The Kier molecular flexibility index (Phi) is 7.05. The van der Waals surface area contributed by atoms with E-state index in [0.717, 1.165) is 26.0 Å². The van der Waals surface area contributed by atoms with Gasteiger partial charge in [-0.15, -0.1) is 0 Å². The fourth-order valence-corrected chi connectivity index (χ4v) is 4.52. The number of hydrogen-bond acceptors (Lipinski definition) is 6. The number of halogens is 1. The molecular formula is C25H22BrN3O3S. The van der Waals surface area contributed by atoms with E-state index in [2.05, 4.69) is 26.0 Å². The number of carbonyl (C=O) groups is 1. The first-order chi connectivity index (χ1) is 15.9. The van der Waals surface area contributed by atoms with Crippen molar-refractivity contribution in [2.24, 2.45) is 5.10 Å². The van der Waals surface area contributed by atoms with Gasteiger partial charge in [-0.25, -0.2) is 4.98 Å². The second kappa shape index (κ2) is 10.1. The summed E-state index contributed by atoms with van der Waals surface area (Å²) in [6.07, 6.45) is 1.69. The van der Waals surface area contributed by atoms with E-state index in [4.69, 9.17) is 9.47 Å². The minimum Gasteiger partial charge on any atom is -0.497 e. The molecule has 0 spiro atoms. The molecule has 0 aliphatic carbocycles. The average molecular weight is 524 g/mol. The van der Waals surface area contributed by atoms with Crippen LogP contribution in [0.5, 0.6) is 11.5 Å². The van der Waals surface area contributed by atoms with Crippen LogP contribution in [0.3, 0.4) is 0 Å². The minimum atomic E-state index is -0.283. The van der Waals surface area contributed by atoms with Gasteiger partial charge in [-0.05, 0) is 86.1 Å². The molecule has 168 valence electrons. The molecule has 0 N–H and O–H groups in total. The highest BCUT2D eigenvalue weighted by molar-refractivity contribution is 9.10. The Balaban J connectivity index is 1.69. The second-order valence-corrected chi connectivity index (χ2v) is 9.36. The van der Waals surface area contributed by atoms with Crippen molar-refractivity contribution in [1.29, 1.82) is 0 Å². The normalized spacial score (nSPS) is 11.3. The zero-order chi connectivity index (χ0) is 23.4. The molecule has 4 rings (SSSR count). The molecule has 0 aliphatic heterocycles. The van der Waals surface area contributed by atoms with E-state index >= 15 is 0 Å². The first-order valence-electron chi connectivity index (χ1n) is 10.3. The number of nitrogens with zero attached hydrogens (tertiary/aromatic N) is 3. The van der Waals surface area contributed by atoms with Gasteiger partial charge in [-0.1, -0.05) is 27.3 Å². The molecule has 0 saturated heterocycles. The van der Waals surface area contributed by atoms with Crippen LogP contribution >= 0.6 is 27.3 Å². The smallest absolute Gasteiger partial charge is 0.280 e. The fourth-order valence-electron chi connectivity index (χ4n) is 3.05. The van der Waals surface area contributed by atoms with Gasteiger partial charge in [0, 0.05) is 10.0 Å². The summed E-state index contributed by atoms with van der Waals surface area (Å²) in [5.74, 6) is 1.18. The molecule has 0 saturated carbocycles. The number of ether oxygens (including phenoxy) is 2. The third kappa shape index (κ3) is 5.58. The zero-order valence-electron chi connectivity index (χ0n) is 18.4. The van der Waals surface area contributed by atoms with E-state index in [-0.39, 0.29) is 12.0 Å². The number of hydrogen-bond donors (Lipinski definition) is 0. The molecule has 0 radical (unpaired) electrons. The van der Waals surface area contributed by atoms with Gasteiger partial charge < -0.3 is 9.47 Å². The van der Waals surface area contributed by atoms with Gasteiger partial charge in [0.1, 0.15) is 11.5 Å². The van der Waals surface area contributed by atoms with Crippen LogP contribution in [0.1, 0.15) is 29.8 Å². The Morgan fingerprint density at radius 1 is 1.06 bits per heavy atom. The maximum absolute atomic E-state index is 13.5. The number of anilines is 1. The number of thiazole rings is 1. The van der Waals surface area contributed by atoms with E-state index in [9.17, 15) is 4.79 Å². The summed E-state index contributed by atoms with van der Waals surface area (Å²) in [7, 11) is 1.62. The van der Waals surface area contributed by atoms with Gasteiger partial charge in [0.2, 0.25) is 5.13 Å². The quantitative estimate of drug-likeness (QED) is 0.204. The van der Waals surface area contributed by atoms with Crippen LogP contribution in [0.2, 0.25) is 0 Å². The highest BCUT2D eigenvalue weighted by atomic mass is 79.9. The van der Waals surface area contributed by atoms with Crippen LogP contribution in [0.15, 0.2) is 76.3 Å². The Morgan fingerprint density at radius 2 is 1.76 bits per heavy atom. The summed E-state index contributed by atoms with van der Waals surface area (Å²) in [6.45, 7) is 3.92. The molecule has 6 nitrogen and oxygen atoms in total. The van der Waals surface area contributed by atoms with Crippen LogP contribution in [-0.2, 0) is 0 Å². The second-order valence-electron chi connectivity index (χ2n) is 7.43. The average Bonchev–Trinajstić information content (AvgIpc) is 3.22. The van der Waals surface area contributed by atoms with Crippen LogP contribution in [0.25, 0.3) is 10.2 Å². The third-order valence-corrected chi connectivity index (χ3v) is 6.11. The van der Waals surface area contributed by atoms with Crippen molar-refractivity contribution in [1.82, 2.24) is 4.98 Å². The van der Waals surface area contributed by atoms with Gasteiger partial charge in [0.15, 0.2) is 0 Å². The monoisotopic (exact) mass is 523 g/mol. The lowest BCUT2D eigenvalue weighted by atomic mass is 10.2. The number of rotatable bonds is 7. The first kappa shape index (κ1) is 22.9. The lowest BCUT2D eigenvalue weighted by Gasteiger charge is -2.15. The van der Waals surface area contributed by atoms with Crippen molar-refractivity contribution in [2.75, 3.05) is 12.1 Å². The van der Waals surface area contributed by atoms with Crippen LogP contribution < -0.4 is 14.5 Å². The number of carbonyl (C=O) groups excluding carboxylic acids is 1. The molecule has 0 aliphatic rings. The van der Waals surface area contributed by atoms with Gasteiger partial charge >= 0.3 is 0 Å². The molecule has 1 heterocycles. The summed E-state index contributed by atoms with van der Waals surface area (Å²) in [6, 6.07) is 20.3. The predicted molar refractivity (Wildman–Crippen MR) is 137 cm³/mol. The third-order valence-electron chi connectivity index (χ3n) is 4.62. The minimum absolute atomic E-state index is 0.0548. The summed E-state index contributed by atoms with van der Waals surface area (Å²) >= 11 is 4.89. The Morgan fingerprint density at radius 3 is 2.42 bits per heavy atom. The van der Waals surface area contributed by atoms with E-state index in [1.54, 1.807) is 37.6 Å². The van der Waals surface area contributed by atoms with Crippen molar-refractivity contribution < 1.29 is 14.3 Å². The Hall–Kier alpha value is -3.23. The standard InChI is InChI=1S/C25H22BrN3O3S/c1-16(2)32-21-11-6-18(7-12-21)24(30)29(27-15-17-4-9-20(31-3)10-5-17)25-28-22-13-8-19(26)14-23(22)33-25/h4-16H,1-3H3/b27-15+. The van der Waals surface area contributed by atoms with Crippen LogP contribution in [-0.4, -0.2) is 30.3 Å². The molecule has 1 aromatic heterocycles. The van der Waals surface area contributed by atoms with Gasteiger partial charge in [-0.3, -0.25) is 4.79 Å². The van der Waals surface area contributed by atoms with Crippen molar-refractivity contribution >= 4 is 54.7 Å². The highest BCUT2D eigenvalue weighted by Crippen LogP contribution is 2.32. The summed E-state index contributed by atoms with van der Waals surface area (Å²) in [5, 5.41) is 6.33. The number of hydrazone groups is 1. The molecule has 0 bridgehead atoms. The van der Waals surface area contributed by atoms with Crippen molar-refractivity contribution in [3.63, 3.8) is 0 Å². The lowest BCUT2D eigenvalue weighted by molar-refractivity contribution is 0.0988. The van der Waals surface area contributed by atoms with Crippen molar-refractivity contribution in [2.45, 2.75) is 20.0 Å². The van der Waals surface area contributed by atoms with Crippen molar-refractivity contribution in [3.8, 4) is 11.5 Å². The zero-order valence-corrected chi connectivity index (χ0v) is 20.8. The van der Waals surface area contributed by atoms with Gasteiger partial charge in [0.25, 0.3) is 5.91 Å². The van der Waals surface area contributed by atoms with Gasteiger partial charge in [-0.2, -0.15) is 10.1 Å². The molecule has 4 aromatic rings. The molecule has 1 amide bonds. The maximum atomic E-state index is 13.5. The summed E-state index contributed by atoms with van der Waals surface area (Å²) in [5.41, 5.74) is 2.12. The number of amides is 1. The molecule has 0 fully saturated rings. The Bertz CT molecular complexity index is 1280. The summed E-state index contributed by atoms with van der Waals surface area (Å²) in [4.78, 5) is 18.1. The molecule has 3 aromatic carbocycles. The number of aromatic nitrogens is 1. The number of fused-ring (bicyclic) bond motifs is 1. The SMILES string of the molecule is COc1ccc(/C=N/N(C(=O)c2ccc(OC(C)C)cc2)c2nc3ccc(Br)cc3s2)cc1. The largest absolute Gasteiger partial charge is 0.497 e. The van der Waals surface area contributed by atoms with E-state index < -0.39 is 0 Å². The molecule has 33 heavy (non-hydrogen) atoms. The fraction of sp³-hybridized carbons (Fsp3) is 0.160.